The second-order valence-corrected chi connectivity index (χ2v) is 6.98. The van der Waals surface area contributed by atoms with Gasteiger partial charge >= 0.3 is 0 Å². The predicted octanol–water partition coefficient (Wildman–Crippen LogP) is 3.93. The van der Waals surface area contributed by atoms with Crippen molar-refractivity contribution < 1.29 is 4.79 Å². The molecule has 1 N–H and O–H groups in total. The van der Waals surface area contributed by atoms with Gasteiger partial charge in [-0.2, -0.15) is 5.26 Å². The molecule has 112 valence electrons. The first kappa shape index (κ1) is 14.8. The lowest BCUT2D eigenvalue weighted by atomic mass is 9.88. The van der Waals surface area contributed by atoms with E-state index in [1.165, 1.54) is 4.88 Å². The van der Waals surface area contributed by atoms with Gasteiger partial charge in [-0.1, -0.05) is 37.3 Å². The fourth-order valence-electron chi connectivity index (χ4n) is 2.92. The first-order valence-electron chi connectivity index (χ1n) is 7.55. The molecule has 0 spiro atoms. The molecule has 1 atom stereocenters. The summed E-state index contributed by atoms with van der Waals surface area (Å²) in [6.07, 6.45) is 3.47. The summed E-state index contributed by atoms with van der Waals surface area (Å²) < 4.78 is 0. The SMILES string of the molecule is C[C@H]1CCc2sc(NC(=O)Cc3ccccc3)c(C#N)c2C1. The standard InChI is InChI=1S/C18H18N2OS/c1-12-7-8-16-14(9-12)15(11-19)18(22-16)20-17(21)10-13-5-3-2-4-6-13/h2-6,12H,7-10H2,1H3,(H,20,21)/t12-/m0/s1. The number of aryl methyl sites for hydroxylation is 1. The average Bonchev–Trinajstić information content (AvgIpc) is 2.84. The molecule has 1 aromatic carbocycles. The summed E-state index contributed by atoms with van der Waals surface area (Å²) in [5, 5.41) is 13.1. The summed E-state index contributed by atoms with van der Waals surface area (Å²) in [7, 11) is 0. The fraction of sp³-hybridized carbons (Fsp3) is 0.333. The topological polar surface area (TPSA) is 52.9 Å². The normalized spacial score (nSPS) is 16.6. The molecule has 1 heterocycles. The highest BCUT2D eigenvalue weighted by atomic mass is 32.1. The fourth-order valence-corrected chi connectivity index (χ4v) is 4.13. The number of hydrogen-bond donors (Lipinski definition) is 1. The Balaban J connectivity index is 1.78. The third-order valence-electron chi connectivity index (χ3n) is 4.08. The number of nitrogens with zero attached hydrogens (tertiary/aromatic N) is 1. The second-order valence-electron chi connectivity index (χ2n) is 5.88. The van der Waals surface area contributed by atoms with Crippen molar-refractivity contribution in [3.63, 3.8) is 0 Å². The Kier molecular flexibility index (Phi) is 4.26. The van der Waals surface area contributed by atoms with Crippen LogP contribution in [0.3, 0.4) is 0 Å². The van der Waals surface area contributed by atoms with E-state index in [4.69, 9.17) is 0 Å². The number of thiophene rings is 1. The molecule has 3 rings (SSSR count). The Morgan fingerprint density at radius 3 is 2.91 bits per heavy atom. The molecule has 1 aliphatic rings. The number of carbonyl (C=O) groups is 1. The molecule has 4 heteroatoms. The third kappa shape index (κ3) is 3.05. The first-order chi connectivity index (χ1) is 10.7. The van der Waals surface area contributed by atoms with E-state index in [9.17, 15) is 10.1 Å². The summed E-state index contributed by atoms with van der Waals surface area (Å²) in [5.74, 6) is 0.552. The van der Waals surface area contributed by atoms with Crippen LogP contribution in [-0.4, -0.2) is 5.91 Å². The average molecular weight is 310 g/mol. The minimum Gasteiger partial charge on any atom is -0.316 e. The van der Waals surface area contributed by atoms with E-state index in [0.717, 1.165) is 35.4 Å². The van der Waals surface area contributed by atoms with Crippen LogP contribution in [0.15, 0.2) is 30.3 Å². The summed E-state index contributed by atoms with van der Waals surface area (Å²) >= 11 is 1.57. The van der Waals surface area contributed by atoms with Crippen LogP contribution < -0.4 is 5.32 Å². The van der Waals surface area contributed by atoms with Crippen LogP contribution >= 0.6 is 11.3 Å². The maximum atomic E-state index is 12.2. The van der Waals surface area contributed by atoms with Crippen LogP contribution in [0, 0.1) is 17.2 Å². The number of fused-ring (bicyclic) bond motifs is 1. The number of rotatable bonds is 3. The summed E-state index contributed by atoms with van der Waals surface area (Å²) in [6, 6.07) is 11.9. The second kappa shape index (κ2) is 6.33. The predicted molar refractivity (Wildman–Crippen MR) is 89.0 cm³/mol. The van der Waals surface area contributed by atoms with Crippen molar-refractivity contribution in [2.75, 3.05) is 5.32 Å². The van der Waals surface area contributed by atoms with Crippen molar-refractivity contribution in [3.05, 3.63) is 51.9 Å². The largest absolute Gasteiger partial charge is 0.316 e. The van der Waals surface area contributed by atoms with E-state index >= 15 is 0 Å². The van der Waals surface area contributed by atoms with E-state index < -0.39 is 0 Å². The lowest BCUT2D eigenvalue weighted by Crippen LogP contribution is -2.14. The Morgan fingerprint density at radius 2 is 2.18 bits per heavy atom. The van der Waals surface area contributed by atoms with Gasteiger partial charge in [0, 0.05) is 4.88 Å². The molecule has 0 saturated heterocycles. The Hall–Kier alpha value is -2.12. The molecule has 22 heavy (non-hydrogen) atoms. The van der Waals surface area contributed by atoms with Crippen molar-refractivity contribution in [2.24, 2.45) is 5.92 Å². The molecular formula is C18H18N2OS. The number of hydrogen-bond acceptors (Lipinski definition) is 3. The molecule has 1 amide bonds. The lowest BCUT2D eigenvalue weighted by Gasteiger charge is -2.17. The number of benzene rings is 1. The van der Waals surface area contributed by atoms with Gasteiger partial charge in [0.2, 0.25) is 5.91 Å². The number of anilines is 1. The Labute approximate surface area is 134 Å². The molecule has 1 aromatic heterocycles. The van der Waals surface area contributed by atoms with Gasteiger partial charge in [0.1, 0.15) is 11.1 Å². The zero-order chi connectivity index (χ0) is 15.5. The molecule has 0 aliphatic heterocycles. The number of nitriles is 1. The molecule has 3 nitrogen and oxygen atoms in total. The van der Waals surface area contributed by atoms with Crippen molar-refractivity contribution >= 4 is 22.2 Å². The summed E-state index contributed by atoms with van der Waals surface area (Å²) in [5.41, 5.74) is 2.81. The van der Waals surface area contributed by atoms with E-state index in [1.807, 2.05) is 30.3 Å². The van der Waals surface area contributed by atoms with Gasteiger partial charge in [0.05, 0.1) is 12.0 Å². The van der Waals surface area contributed by atoms with Gasteiger partial charge in [-0.3, -0.25) is 4.79 Å². The summed E-state index contributed by atoms with van der Waals surface area (Å²) in [6.45, 7) is 2.22. The smallest absolute Gasteiger partial charge is 0.229 e. The molecule has 0 unspecified atom stereocenters. The highest BCUT2D eigenvalue weighted by Crippen LogP contribution is 2.39. The van der Waals surface area contributed by atoms with E-state index in [1.54, 1.807) is 11.3 Å². The van der Waals surface area contributed by atoms with Crippen LogP contribution in [0.1, 0.15) is 34.9 Å². The lowest BCUT2D eigenvalue weighted by molar-refractivity contribution is -0.115. The number of carbonyl (C=O) groups excluding carboxylic acids is 1. The Bertz CT molecular complexity index is 728. The molecule has 1 aliphatic carbocycles. The van der Waals surface area contributed by atoms with Crippen molar-refractivity contribution in [3.8, 4) is 6.07 Å². The monoisotopic (exact) mass is 310 g/mol. The van der Waals surface area contributed by atoms with Crippen molar-refractivity contribution in [1.82, 2.24) is 0 Å². The van der Waals surface area contributed by atoms with Crippen LogP contribution in [0.5, 0.6) is 0 Å². The molecule has 0 saturated carbocycles. The van der Waals surface area contributed by atoms with Crippen LogP contribution in [0.2, 0.25) is 0 Å². The maximum absolute atomic E-state index is 12.2. The highest BCUT2D eigenvalue weighted by molar-refractivity contribution is 7.16. The van der Waals surface area contributed by atoms with Crippen molar-refractivity contribution in [2.45, 2.75) is 32.6 Å². The number of amides is 1. The zero-order valence-corrected chi connectivity index (χ0v) is 13.4. The van der Waals surface area contributed by atoms with Gasteiger partial charge in [0.15, 0.2) is 0 Å². The van der Waals surface area contributed by atoms with Gasteiger partial charge in [-0.05, 0) is 36.3 Å². The van der Waals surface area contributed by atoms with Gasteiger partial charge in [-0.25, -0.2) is 0 Å². The van der Waals surface area contributed by atoms with Crippen LogP contribution in [0.25, 0.3) is 0 Å². The van der Waals surface area contributed by atoms with E-state index in [-0.39, 0.29) is 5.91 Å². The quantitative estimate of drug-likeness (QED) is 0.934. The molecule has 2 aromatic rings. The molecule has 0 fully saturated rings. The van der Waals surface area contributed by atoms with E-state index in [0.29, 0.717) is 17.9 Å². The van der Waals surface area contributed by atoms with E-state index in [2.05, 4.69) is 18.3 Å². The van der Waals surface area contributed by atoms with Gasteiger partial charge in [-0.15, -0.1) is 11.3 Å². The van der Waals surface area contributed by atoms with Crippen LogP contribution in [-0.2, 0) is 24.1 Å². The van der Waals surface area contributed by atoms with Crippen LogP contribution in [0.4, 0.5) is 5.00 Å². The van der Waals surface area contributed by atoms with Crippen molar-refractivity contribution in [1.29, 1.82) is 5.26 Å². The third-order valence-corrected chi connectivity index (χ3v) is 5.29. The maximum Gasteiger partial charge on any atom is 0.229 e. The number of nitrogens with one attached hydrogen (secondary N) is 1. The molecular weight excluding hydrogens is 292 g/mol. The highest BCUT2D eigenvalue weighted by Gasteiger charge is 2.24. The molecule has 0 radical (unpaired) electrons. The minimum absolute atomic E-state index is 0.0608. The molecule has 0 bridgehead atoms. The Morgan fingerprint density at radius 1 is 1.41 bits per heavy atom. The first-order valence-corrected chi connectivity index (χ1v) is 8.37. The van der Waals surface area contributed by atoms with Gasteiger partial charge < -0.3 is 5.32 Å². The zero-order valence-electron chi connectivity index (χ0n) is 12.6. The summed E-state index contributed by atoms with van der Waals surface area (Å²) in [4.78, 5) is 13.5. The van der Waals surface area contributed by atoms with Gasteiger partial charge in [0.25, 0.3) is 0 Å². The minimum atomic E-state index is -0.0608.